The van der Waals surface area contributed by atoms with Crippen molar-refractivity contribution >= 4 is 17.9 Å². The van der Waals surface area contributed by atoms with Crippen molar-refractivity contribution in [3.63, 3.8) is 0 Å². The molecule has 3 nitrogen and oxygen atoms in total. The molecule has 3 heteroatoms. The quantitative estimate of drug-likeness (QED) is 0.0767. The van der Waals surface area contributed by atoms with Crippen LogP contribution in [0, 0.1) is 19.3 Å². The molecule has 0 amide bonds. The molecular weight excluding hydrogens is 775 g/mol. The van der Waals surface area contributed by atoms with Gasteiger partial charge in [0, 0.05) is 17.3 Å². The lowest BCUT2D eigenvalue weighted by atomic mass is 9.65. The van der Waals surface area contributed by atoms with Crippen LogP contribution in [-0.4, -0.2) is 17.9 Å². The van der Waals surface area contributed by atoms with E-state index in [1.807, 2.05) is 18.3 Å². The van der Waals surface area contributed by atoms with Gasteiger partial charge in [0.2, 0.25) is 0 Å². The van der Waals surface area contributed by atoms with E-state index in [1.165, 1.54) is 16.7 Å². The van der Waals surface area contributed by atoms with E-state index in [0.29, 0.717) is 11.4 Å². The summed E-state index contributed by atoms with van der Waals surface area (Å²) in [6.07, 6.45) is 1.90. The van der Waals surface area contributed by atoms with Crippen LogP contribution in [0.1, 0.15) is 72.3 Å². The van der Waals surface area contributed by atoms with E-state index in [-0.39, 0.29) is 5.84 Å². The summed E-state index contributed by atoms with van der Waals surface area (Å²) in [5.74, 6) is 0.613. The van der Waals surface area contributed by atoms with Crippen molar-refractivity contribution in [3.8, 4) is 0 Å². The van der Waals surface area contributed by atoms with Gasteiger partial charge in [-0.05, 0) is 87.2 Å². The van der Waals surface area contributed by atoms with Gasteiger partial charge in [0.05, 0.1) is 10.8 Å². The first-order valence-electron chi connectivity index (χ1n) is 21.8. The van der Waals surface area contributed by atoms with E-state index in [0.717, 1.165) is 50.1 Å². The highest BCUT2D eigenvalue weighted by atomic mass is 15.0. The third kappa shape index (κ3) is 7.85. The maximum atomic E-state index is 9.69. The Kier molecular flexibility index (Phi) is 12.0. The summed E-state index contributed by atoms with van der Waals surface area (Å²) in [5.41, 5.74) is 12.5. The zero-order chi connectivity index (χ0) is 43.8. The van der Waals surface area contributed by atoms with Crippen LogP contribution in [0.15, 0.2) is 259 Å². The Hall–Kier alpha value is -8.01. The van der Waals surface area contributed by atoms with E-state index in [9.17, 15) is 5.41 Å². The molecule has 0 spiro atoms. The molecule has 9 aromatic rings. The number of rotatable bonds is 11. The van der Waals surface area contributed by atoms with E-state index in [4.69, 9.17) is 9.98 Å². The van der Waals surface area contributed by atoms with Crippen molar-refractivity contribution in [2.24, 2.45) is 9.98 Å². The summed E-state index contributed by atoms with van der Waals surface area (Å²) < 4.78 is 0. The Morgan fingerprint density at radius 1 is 0.375 bits per heavy atom. The van der Waals surface area contributed by atoms with Gasteiger partial charge in [0.25, 0.3) is 0 Å². The van der Waals surface area contributed by atoms with Crippen molar-refractivity contribution in [1.82, 2.24) is 0 Å². The van der Waals surface area contributed by atoms with Gasteiger partial charge in [0.1, 0.15) is 0 Å². The molecule has 1 N–H and O–H groups in total. The lowest BCUT2D eigenvalue weighted by Gasteiger charge is -2.37. The molecule has 9 rings (SSSR count). The SMILES string of the molecule is Cc1cccc(C)c1C(N=Cc1cccc(C(c2ccccc2)(c2ccccc2)c2ccccc2)c1)=NC(=N)c1cccc(C(c2ccccc2)(c2ccccc2)c2ccccc2)c1. The molecule has 0 saturated carbocycles. The first kappa shape index (κ1) is 41.3. The highest BCUT2D eigenvalue weighted by Crippen LogP contribution is 2.46. The lowest BCUT2D eigenvalue weighted by molar-refractivity contribution is 0.745. The van der Waals surface area contributed by atoms with Crippen LogP contribution in [0.3, 0.4) is 0 Å². The molecule has 0 aromatic heterocycles. The average molecular weight is 824 g/mol. The minimum atomic E-state index is -0.656. The number of benzene rings is 9. The number of aliphatic imine (C=N–C) groups is 2. The fraction of sp³-hybridized carbons (Fsp3) is 0.0656. The molecule has 0 unspecified atom stereocenters. The highest BCUT2D eigenvalue weighted by Gasteiger charge is 2.39. The van der Waals surface area contributed by atoms with Gasteiger partial charge in [-0.15, -0.1) is 0 Å². The number of hydrogen-bond acceptors (Lipinski definition) is 1. The molecule has 0 aliphatic heterocycles. The summed E-state index contributed by atoms with van der Waals surface area (Å²) in [5, 5.41) is 9.69. The smallest absolute Gasteiger partial charge is 0.162 e. The summed E-state index contributed by atoms with van der Waals surface area (Å²) in [4.78, 5) is 10.3. The largest absolute Gasteiger partial charge is 0.282 e. The second kappa shape index (κ2) is 18.5. The molecule has 64 heavy (non-hydrogen) atoms. The number of amidine groups is 2. The first-order valence-corrected chi connectivity index (χ1v) is 21.8. The predicted molar refractivity (Wildman–Crippen MR) is 266 cm³/mol. The van der Waals surface area contributed by atoms with Crippen LogP contribution in [-0.2, 0) is 10.8 Å². The van der Waals surface area contributed by atoms with Crippen molar-refractivity contribution < 1.29 is 0 Å². The van der Waals surface area contributed by atoms with Crippen LogP contribution >= 0.6 is 0 Å². The Morgan fingerprint density at radius 2 is 0.703 bits per heavy atom. The Balaban J connectivity index is 1.18. The summed E-state index contributed by atoms with van der Waals surface area (Å²) >= 11 is 0. The van der Waals surface area contributed by atoms with Crippen molar-refractivity contribution in [3.05, 3.63) is 321 Å². The monoisotopic (exact) mass is 823 g/mol. The van der Waals surface area contributed by atoms with Gasteiger partial charge < -0.3 is 0 Å². The topological polar surface area (TPSA) is 48.6 Å². The molecule has 0 aliphatic rings. The Morgan fingerprint density at radius 3 is 1.09 bits per heavy atom. The Bertz CT molecular complexity index is 2840. The van der Waals surface area contributed by atoms with Gasteiger partial charge in [-0.2, -0.15) is 0 Å². The zero-order valence-corrected chi connectivity index (χ0v) is 36.1. The number of aryl methyl sites for hydroxylation is 2. The van der Waals surface area contributed by atoms with Crippen LogP contribution in [0.4, 0.5) is 0 Å². The van der Waals surface area contributed by atoms with Gasteiger partial charge in [-0.25, -0.2) is 9.98 Å². The van der Waals surface area contributed by atoms with Gasteiger partial charge in [0.15, 0.2) is 11.7 Å². The normalized spacial score (nSPS) is 12.0. The molecule has 0 fully saturated rings. The fourth-order valence-corrected chi connectivity index (χ4v) is 9.50. The van der Waals surface area contributed by atoms with E-state index < -0.39 is 10.8 Å². The molecule has 9 aromatic carbocycles. The van der Waals surface area contributed by atoms with Crippen LogP contribution in [0.25, 0.3) is 0 Å². The van der Waals surface area contributed by atoms with Crippen LogP contribution in [0.5, 0.6) is 0 Å². The van der Waals surface area contributed by atoms with Crippen molar-refractivity contribution in [2.45, 2.75) is 24.7 Å². The molecule has 0 saturated heterocycles. The van der Waals surface area contributed by atoms with Crippen LogP contribution in [0.2, 0.25) is 0 Å². The van der Waals surface area contributed by atoms with E-state index in [2.05, 4.69) is 250 Å². The predicted octanol–water partition coefficient (Wildman–Crippen LogP) is 14.0. The molecular formula is C61H49N3. The molecule has 0 heterocycles. The maximum absolute atomic E-state index is 9.69. The number of nitrogens with zero attached hydrogens (tertiary/aromatic N) is 2. The van der Waals surface area contributed by atoms with Crippen molar-refractivity contribution in [1.29, 1.82) is 5.41 Å². The zero-order valence-electron chi connectivity index (χ0n) is 36.1. The third-order valence-electron chi connectivity index (χ3n) is 12.4. The standard InChI is InChI=1S/C61H49N3/c1-45-24-21-25-46(2)57(45)59(63-44-47-26-22-40-55(42-47)60(49-28-9-3-10-29-49,50-30-11-4-12-31-50)51-32-13-5-14-33-51)64-58(62)48-27-23-41-56(43-48)61(52-34-15-6-16-35-52,53-36-17-7-18-37-53)54-38-19-8-20-39-54/h3-44,62H,1-2H3. The summed E-state index contributed by atoms with van der Waals surface area (Å²) in [7, 11) is 0. The van der Waals surface area contributed by atoms with Crippen molar-refractivity contribution in [2.75, 3.05) is 0 Å². The second-order valence-electron chi connectivity index (χ2n) is 16.2. The molecule has 0 aliphatic carbocycles. The van der Waals surface area contributed by atoms with Gasteiger partial charge in [-0.1, -0.05) is 237 Å². The van der Waals surface area contributed by atoms with Gasteiger partial charge in [-0.3, -0.25) is 5.41 Å². The Labute approximate surface area is 377 Å². The minimum Gasteiger partial charge on any atom is -0.282 e. The maximum Gasteiger partial charge on any atom is 0.162 e. The van der Waals surface area contributed by atoms with E-state index in [1.54, 1.807) is 0 Å². The summed E-state index contributed by atoms with van der Waals surface area (Å²) in [6.45, 7) is 4.17. The lowest BCUT2D eigenvalue weighted by Crippen LogP contribution is -2.31. The number of nitrogens with one attached hydrogen (secondary N) is 1. The average Bonchev–Trinajstić information content (AvgIpc) is 3.36. The molecule has 0 bridgehead atoms. The van der Waals surface area contributed by atoms with Crippen LogP contribution < -0.4 is 0 Å². The molecule has 0 radical (unpaired) electrons. The minimum absolute atomic E-state index is 0.129. The fourth-order valence-electron chi connectivity index (χ4n) is 9.50. The second-order valence-corrected chi connectivity index (χ2v) is 16.2. The molecule has 0 atom stereocenters. The molecule has 308 valence electrons. The third-order valence-corrected chi connectivity index (χ3v) is 12.4. The number of hydrogen-bond donors (Lipinski definition) is 1. The first-order chi connectivity index (χ1) is 31.5. The van der Waals surface area contributed by atoms with E-state index >= 15 is 0 Å². The van der Waals surface area contributed by atoms with Gasteiger partial charge >= 0.3 is 0 Å². The summed E-state index contributed by atoms with van der Waals surface area (Å²) in [6, 6.07) is 87.4. The highest BCUT2D eigenvalue weighted by molar-refractivity contribution is 6.14.